The smallest absolute Gasteiger partial charge is 0.0701 e. The number of rotatable bonds is 4. The molecular weight excluding hydrogens is 304 g/mol. The Hall–Kier alpha value is -2.45. The standard InChI is InChI=1S/C23H24N2/c1-2-7-19(8-3-1)17-25-16-6-9-22(18-25)20-11-13-21(14-12-20)23-10-4-5-15-24-23/h1-5,7-8,10-15,22H,6,9,16-18H2. The number of piperidine rings is 1. The maximum Gasteiger partial charge on any atom is 0.0701 e. The Morgan fingerprint density at radius 1 is 0.880 bits per heavy atom. The normalized spacial score (nSPS) is 18.2. The van der Waals surface area contributed by atoms with E-state index in [1.165, 1.54) is 36.1 Å². The van der Waals surface area contributed by atoms with Crippen LogP contribution in [0.25, 0.3) is 11.3 Å². The molecule has 1 aromatic heterocycles. The molecule has 1 aliphatic heterocycles. The maximum atomic E-state index is 4.44. The Kier molecular flexibility index (Phi) is 4.89. The molecule has 0 aliphatic carbocycles. The van der Waals surface area contributed by atoms with Gasteiger partial charge in [0.25, 0.3) is 0 Å². The van der Waals surface area contributed by atoms with E-state index in [2.05, 4.69) is 70.5 Å². The van der Waals surface area contributed by atoms with Crippen molar-refractivity contribution >= 4 is 0 Å². The molecule has 126 valence electrons. The molecule has 2 heterocycles. The number of hydrogen-bond donors (Lipinski definition) is 0. The summed E-state index contributed by atoms with van der Waals surface area (Å²) >= 11 is 0. The Balaban J connectivity index is 1.44. The lowest BCUT2D eigenvalue weighted by Gasteiger charge is -2.33. The minimum absolute atomic E-state index is 0.634. The van der Waals surface area contributed by atoms with Crippen LogP contribution in [0.1, 0.15) is 29.9 Å². The van der Waals surface area contributed by atoms with Crippen molar-refractivity contribution in [1.82, 2.24) is 9.88 Å². The van der Waals surface area contributed by atoms with E-state index in [4.69, 9.17) is 0 Å². The van der Waals surface area contributed by atoms with Crippen molar-refractivity contribution < 1.29 is 0 Å². The van der Waals surface area contributed by atoms with Gasteiger partial charge in [-0.3, -0.25) is 9.88 Å². The molecule has 4 rings (SSSR count). The van der Waals surface area contributed by atoms with Crippen LogP contribution in [0.4, 0.5) is 0 Å². The number of aromatic nitrogens is 1. The van der Waals surface area contributed by atoms with Crippen LogP contribution in [0.3, 0.4) is 0 Å². The summed E-state index contributed by atoms with van der Waals surface area (Å²) in [6.45, 7) is 3.42. The first-order chi connectivity index (χ1) is 12.4. The Morgan fingerprint density at radius 3 is 2.44 bits per heavy atom. The molecule has 25 heavy (non-hydrogen) atoms. The minimum atomic E-state index is 0.634. The van der Waals surface area contributed by atoms with Crippen molar-refractivity contribution in [1.29, 1.82) is 0 Å². The summed E-state index contributed by atoms with van der Waals surface area (Å²) in [5, 5.41) is 0. The van der Waals surface area contributed by atoms with Crippen LogP contribution in [0.15, 0.2) is 79.0 Å². The molecule has 1 saturated heterocycles. The van der Waals surface area contributed by atoms with Gasteiger partial charge in [0.1, 0.15) is 0 Å². The van der Waals surface area contributed by atoms with E-state index < -0.39 is 0 Å². The van der Waals surface area contributed by atoms with Gasteiger partial charge in [-0.25, -0.2) is 0 Å². The monoisotopic (exact) mass is 328 g/mol. The Labute approximate surface area is 150 Å². The predicted octanol–water partition coefficient (Wildman–Crippen LogP) is 5.13. The van der Waals surface area contributed by atoms with Gasteiger partial charge in [-0.1, -0.05) is 60.7 Å². The second-order valence-electron chi connectivity index (χ2n) is 6.90. The average molecular weight is 328 g/mol. The van der Waals surface area contributed by atoms with Crippen molar-refractivity contribution in [3.05, 3.63) is 90.1 Å². The quantitative estimate of drug-likeness (QED) is 0.660. The molecule has 2 nitrogen and oxygen atoms in total. The number of likely N-dealkylation sites (tertiary alicyclic amines) is 1. The third-order valence-corrected chi connectivity index (χ3v) is 5.10. The van der Waals surface area contributed by atoms with E-state index in [1.807, 2.05) is 18.3 Å². The number of benzene rings is 2. The molecule has 3 aromatic rings. The third kappa shape index (κ3) is 3.97. The van der Waals surface area contributed by atoms with Gasteiger partial charge in [-0.15, -0.1) is 0 Å². The zero-order valence-corrected chi connectivity index (χ0v) is 14.5. The molecule has 0 saturated carbocycles. The summed E-state index contributed by atoms with van der Waals surface area (Å²) in [7, 11) is 0. The first kappa shape index (κ1) is 16.0. The van der Waals surface area contributed by atoms with Crippen molar-refractivity contribution in [2.24, 2.45) is 0 Å². The molecule has 0 spiro atoms. The van der Waals surface area contributed by atoms with Crippen LogP contribution in [-0.2, 0) is 6.54 Å². The fraction of sp³-hybridized carbons (Fsp3) is 0.261. The van der Waals surface area contributed by atoms with E-state index in [-0.39, 0.29) is 0 Å². The summed E-state index contributed by atoms with van der Waals surface area (Å²) in [5.41, 5.74) is 5.11. The lowest BCUT2D eigenvalue weighted by molar-refractivity contribution is 0.200. The highest BCUT2D eigenvalue weighted by Crippen LogP contribution is 2.29. The number of hydrogen-bond acceptors (Lipinski definition) is 2. The zero-order chi connectivity index (χ0) is 16.9. The molecule has 0 bridgehead atoms. The van der Waals surface area contributed by atoms with Gasteiger partial charge in [0.05, 0.1) is 5.69 Å². The van der Waals surface area contributed by atoms with Gasteiger partial charge in [-0.2, -0.15) is 0 Å². The Bertz CT molecular complexity index is 781. The van der Waals surface area contributed by atoms with Crippen LogP contribution < -0.4 is 0 Å². The summed E-state index contributed by atoms with van der Waals surface area (Å²) in [6.07, 6.45) is 4.42. The summed E-state index contributed by atoms with van der Waals surface area (Å²) in [5.74, 6) is 0.634. The molecule has 1 unspecified atom stereocenters. The van der Waals surface area contributed by atoms with Gasteiger partial charge in [-0.05, 0) is 48.6 Å². The topological polar surface area (TPSA) is 16.1 Å². The summed E-state index contributed by atoms with van der Waals surface area (Å²) in [6, 6.07) is 25.9. The van der Waals surface area contributed by atoms with Gasteiger partial charge in [0.15, 0.2) is 0 Å². The van der Waals surface area contributed by atoms with Gasteiger partial charge in [0, 0.05) is 24.8 Å². The van der Waals surface area contributed by atoms with Crippen LogP contribution in [-0.4, -0.2) is 23.0 Å². The molecule has 1 fully saturated rings. The molecule has 0 N–H and O–H groups in total. The molecule has 1 aliphatic rings. The lowest BCUT2D eigenvalue weighted by atomic mass is 9.89. The maximum absolute atomic E-state index is 4.44. The zero-order valence-electron chi connectivity index (χ0n) is 14.5. The van der Waals surface area contributed by atoms with Crippen molar-refractivity contribution in [3.8, 4) is 11.3 Å². The highest BCUT2D eigenvalue weighted by Gasteiger charge is 2.21. The van der Waals surface area contributed by atoms with Gasteiger partial charge in [0.2, 0.25) is 0 Å². The molecule has 0 radical (unpaired) electrons. The summed E-state index contributed by atoms with van der Waals surface area (Å²) < 4.78 is 0. The third-order valence-electron chi connectivity index (χ3n) is 5.10. The van der Waals surface area contributed by atoms with E-state index in [0.29, 0.717) is 5.92 Å². The number of nitrogens with zero attached hydrogens (tertiary/aromatic N) is 2. The van der Waals surface area contributed by atoms with Crippen LogP contribution >= 0.6 is 0 Å². The van der Waals surface area contributed by atoms with E-state index in [1.54, 1.807) is 0 Å². The molecule has 1 atom stereocenters. The largest absolute Gasteiger partial charge is 0.298 e. The minimum Gasteiger partial charge on any atom is -0.298 e. The second kappa shape index (κ2) is 7.62. The molecule has 0 amide bonds. The molecular formula is C23H24N2. The summed E-state index contributed by atoms with van der Waals surface area (Å²) in [4.78, 5) is 7.04. The van der Waals surface area contributed by atoms with Crippen LogP contribution in [0, 0.1) is 0 Å². The average Bonchev–Trinajstić information content (AvgIpc) is 2.70. The first-order valence-corrected chi connectivity index (χ1v) is 9.16. The van der Waals surface area contributed by atoms with Crippen LogP contribution in [0.2, 0.25) is 0 Å². The second-order valence-corrected chi connectivity index (χ2v) is 6.90. The van der Waals surface area contributed by atoms with Crippen molar-refractivity contribution in [3.63, 3.8) is 0 Å². The lowest BCUT2D eigenvalue weighted by Crippen LogP contribution is -2.33. The fourth-order valence-corrected chi connectivity index (χ4v) is 3.77. The molecule has 2 aromatic carbocycles. The fourth-order valence-electron chi connectivity index (χ4n) is 3.77. The highest BCUT2D eigenvalue weighted by atomic mass is 15.1. The molecule has 2 heteroatoms. The number of pyridine rings is 1. The van der Waals surface area contributed by atoms with Crippen molar-refractivity contribution in [2.45, 2.75) is 25.3 Å². The van der Waals surface area contributed by atoms with Gasteiger partial charge < -0.3 is 0 Å². The highest BCUT2D eigenvalue weighted by molar-refractivity contribution is 5.59. The van der Waals surface area contributed by atoms with E-state index in [9.17, 15) is 0 Å². The van der Waals surface area contributed by atoms with E-state index in [0.717, 1.165) is 18.8 Å². The van der Waals surface area contributed by atoms with Crippen molar-refractivity contribution in [2.75, 3.05) is 13.1 Å². The first-order valence-electron chi connectivity index (χ1n) is 9.16. The Morgan fingerprint density at radius 2 is 1.68 bits per heavy atom. The predicted molar refractivity (Wildman–Crippen MR) is 103 cm³/mol. The van der Waals surface area contributed by atoms with Gasteiger partial charge >= 0.3 is 0 Å². The van der Waals surface area contributed by atoms with Crippen LogP contribution in [0.5, 0.6) is 0 Å². The van der Waals surface area contributed by atoms with E-state index >= 15 is 0 Å². The SMILES string of the molecule is c1ccc(CN2CCCC(c3ccc(-c4ccccn4)cc3)C2)cc1.